The molecule has 0 aliphatic heterocycles. The van der Waals surface area contributed by atoms with Crippen LogP contribution in [-0.4, -0.2) is 17.5 Å². The van der Waals surface area contributed by atoms with Gasteiger partial charge < -0.3 is 11.5 Å². The first-order chi connectivity index (χ1) is 8.25. The van der Waals surface area contributed by atoms with Gasteiger partial charge >= 0.3 is 0 Å². The predicted octanol–water partition coefficient (Wildman–Crippen LogP) is 1.63. The van der Waals surface area contributed by atoms with Gasteiger partial charge in [0.2, 0.25) is 0 Å². The molecule has 2 rings (SSSR count). The van der Waals surface area contributed by atoms with Crippen LogP contribution in [0, 0.1) is 0 Å². The molecule has 1 heterocycles. The van der Waals surface area contributed by atoms with Gasteiger partial charge in [0.25, 0.3) is 0 Å². The van der Waals surface area contributed by atoms with Crippen LogP contribution in [0.3, 0.4) is 0 Å². The molecule has 0 saturated heterocycles. The summed E-state index contributed by atoms with van der Waals surface area (Å²) in [6.45, 7) is 0.623. The van der Waals surface area contributed by atoms with Crippen molar-refractivity contribution in [3.05, 3.63) is 40.7 Å². The van der Waals surface area contributed by atoms with E-state index < -0.39 is 0 Å². The average molecular weight is 246 g/mol. The van der Waals surface area contributed by atoms with Crippen LogP contribution in [0.5, 0.6) is 0 Å². The fraction of sp³-hybridized carbons (Fsp3) is 0.167. The third-order valence-electron chi connectivity index (χ3n) is 2.38. The van der Waals surface area contributed by atoms with Crippen LogP contribution in [0.2, 0.25) is 0 Å². The summed E-state index contributed by atoms with van der Waals surface area (Å²) in [6, 6.07) is 8.30. The first-order valence-electron chi connectivity index (χ1n) is 5.28. The minimum Gasteiger partial charge on any atom is -0.370 e. The zero-order valence-electron chi connectivity index (χ0n) is 9.34. The lowest BCUT2D eigenvalue weighted by Gasteiger charge is -2.01. The molecule has 0 spiro atoms. The number of nitrogens with two attached hydrogens (primary N) is 2. The van der Waals surface area contributed by atoms with E-state index in [0.717, 1.165) is 17.7 Å². The van der Waals surface area contributed by atoms with Crippen molar-refractivity contribution >= 4 is 17.3 Å². The molecule has 17 heavy (non-hydrogen) atoms. The molecule has 2 aromatic rings. The molecule has 0 amide bonds. The second-order valence-electron chi connectivity index (χ2n) is 3.63. The van der Waals surface area contributed by atoms with Crippen molar-refractivity contribution in [1.29, 1.82) is 0 Å². The van der Waals surface area contributed by atoms with Crippen LogP contribution < -0.4 is 11.5 Å². The number of hydrogen-bond donors (Lipinski definition) is 2. The Hall–Kier alpha value is -1.88. The van der Waals surface area contributed by atoms with E-state index in [1.807, 2.05) is 10.9 Å². The minimum absolute atomic E-state index is 0.143. The van der Waals surface area contributed by atoms with E-state index in [4.69, 9.17) is 11.5 Å². The molecule has 5 heteroatoms. The summed E-state index contributed by atoms with van der Waals surface area (Å²) in [5.74, 6) is 0.143. The summed E-state index contributed by atoms with van der Waals surface area (Å²) in [6.07, 6.45) is 0.843. The average Bonchev–Trinajstić information content (AvgIpc) is 2.83. The quantitative estimate of drug-likeness (QED) is 0.635. The molecule has 1 aromatic heterocycles. The highest BCUT2D eigenvalue weighted by Gasteiger charge is 1.99. The first kappa shape index (κ1) is 11.6. The van der Waals surface area contributed by atoms with Crippen LogP contribution in [0.15, 0.2) is 40.1 Å². The number of nitrogens with zero attached hydrogens (tertiary/aromatic N) is 2. The standard InChI is InChI=1S/C12H14N4S/c13-12(14)15-6-5-9-1-3-10(4-2-9)11-7-17-8-16-11/h1-4,7-8H,5-6H2,(H4,13,14,15). The Morgan fingerprint density at radius 1 is 1.24 bits per heavy atom. The Morgan fingerprint density at radius 3 is 2.59 bits per heavy atom. The molecule has 0 saturated carbocycles. The SMILES string of the molecule is NC(N)=NCCc1ccc(-c2cscn2)cc1. The van der Waals surface area contributed by atoms with Gasteiger partial charge in [-0.05, 0) is 12.0 Å². The lowest BCUT2D eigenvalue weighted by atomic mass is 10.1. The molecule has 1 aromatic carbocycles. The Bertz CT molecular complexity index is 484. The number of thiazole rings is 1. The number of aliphatic imine (C=N–C) groups is 1. The maximum Gasteiger partial charge on any atom is 0.185 e. The van der Waals surface area contributed by atoms with Crippen molar-refractivity contribution in [3.63, 3.8) is 0 Å². The molecule has 0 atom stereocenters. The van der Waals surface area contributed by atoms with E-state index in [-0.39, 0.29) is 5.96 Å². The van der Waals surface area contributed by atoms with Gasteiger partial charge in [0.05, 0.1) is 11.2 Å². The zero-order chi connectivity index (χ0) is 12.1. The largest absolute Gasteiger partial charge is 0.370 e. The zero-order valence-corrected chi connectivity index (χ0v) is 10.2. The molecule has 0 unspecified atom stereocenters. The van der Waals surface area contributed by atoms with E-state index in [0.29, 0.717) is 6.54 Å². The monoisotopic (exact) mass is 246 g/mol. The fourth-order valence-electron chi connectivity index (χ4n) is 1.51. The molecule has 4 nitrogen and oxygen atoms in total. The molecular formula is C12H14N4S. The highest BCUT2D eigenvalue weighted by molar-refractivity contribution is 7.07. The number of rotatable bonds is 4. The Morgan fingerprint density at radius 2 is 2.00 bits per heavy atom. The van der Waals surface area contributed by atoms with E-state index in [1.54, 1.807) is 11.3 Å². The molecule has 0 aliphatic rings. The Labute approximate surface area is 104 Å². The van der Waals surface area contributed by atoms with Gasteiger partial charge in [-0.25, -0.2) is 4.98 Å². The van der Waals surface area contributed by atoms with E-state index in [9.17, 15) is 0 Å². The van der Waals surface area contributed by atoms with Crippen molar-refractivity contribution < 1.29 is 0 Å². The third kappa shape index (κ3) is 3.29. The summed E-state index contributed by atoms with van der Waals surface area (Å²) in [5.41, 5.74) is 15.7. The Kier molecular flexibility index (Phi) is 3.72. The van der Waals surface area contributed by atoms with Gasteiger partial charge in [-0.2, -0.15) is 0 Å². The van der Waals surface area contributed by atoms with Crippen LogP contribution in [-0.2, 0) is 6.42 Å². The van der Waals surface area contributed by atoms with Gasteiger partial charge in [0.1, 0.15) is 0 Å². The lowest BCUT2D eigenvalue weighted by molar-refractivity contribution is 0.962. The summed E-state index contributed by atoms with van der Waals surface area (Å²) in [7, 11) is 0. The maximum atomic E-state index is 5.27. The second-order valence-corrected chi connectivity index (χ2v) is 4.35. The van der Waals surface area contributed by atoms with Gasteiger partial charge in [-0.3, -0.25) is 4.99 Å². The molecular weight excluding hydrogens is 232 g/mol. The summed E-state index contributed by atoms with van der Waals surface area (Å²) in [5, 5.41) is 2.04. The lowest BCUT2D eigenvalue weighted by Crippen LogP contribution is -2.23. The van der Waals surface area contributed by atoms with Crippen molar-refractivity contribution in [2.75, 3.05) is 6.54 Å². The molecule has 0 aliphatic carbocycles. The van der Waals surface area contributed by atoms with Crippen molar-refractivity contribution in [2.24, 2.45) is 16.5 Å². The normalized spacial score (nSPS) is 10.1. The van der Waals surface area contributed by atoms with Gasteiger partial charge in [0, 0.05) is 17.5 Å². The minimum atomic E-state index is 0.143. The number of hydrogen-bond acceptors (Lipinski definition) is 3. The van der Waals surface area contributed by atoms with Crippen molar-refractivity contribution in [1.82, 2.24) is 4.98 Å². The van der Waals surface area contributed by atoms with Crippen molar-refractivity contribution in [3.8, 4) is 11.3 Å². The summed E-state index contributed by atoms with van der Waals surface area (Å²) in [4.78, 5) is 8.22. The first-order valence-corrected chi connectivity index (χ1v) is 6.23. The van der Waals surface area contributed by atoms with Crippen LogP contribution in [0.1, 0.15) is 5.56 Å². The molecule has 0 fully saturated rings. The smallest absolute Gasteiger partial charge is 0.185 e. The number of aromatic nitrogens is 1. The highest BCUT2D eigenvalue weighted by atomic mass is 32.1. The molecule has 0 radical (unpaired) electrons. The highest BCUT2D eigenvalue weighted by Crippen LogP contribution is 2.19. The molecule has 0 bridgehead atoms. The molecule has 88 valence electrons. The number of benzene rings is 1. The van der Waals surface area contributed by atoms with Crippen molar-refractivity contribution in [2.45, 2.75) is 6.42 Å². The van der Waals surface area contributed by atoms with Crippen LogP contribution >= 0.6 is 11.3 Å². The Balaban J connectivity index is 2.01. The van der Waals surface area contributed by atoms with E-state index in [1.165, 1.54) is 5.56 Å². The second kappa shape index (κ2) is 5.45. The maximum absolute atomic E-state index is 5.27. The topological polar surface area (TPSA) is 77.3 Å². The fourth-order valence-corrected chi connectivity index (χ4v) is 2.07. The molecule has 4 N–H and O–H groups in total. The third-order valence-corrected chi connectivity index (χ3v) is 2.96. The van der Waals surface area contributed by atoms with E-state index in [2.05, 4.69) is 34.2 Å². The van der Waals surface area contributed by atoms with Crippen LogP contribution in [0.4, 0.5) is 0 Å². The summed E-state index contributed by atoms with van der Waals surface area (Å²) >= 11 is 1.60. The van der Waals surface area contributed by atoms with Gasteiger partial charge in [0.15, 0.2) is 5.96 Å². The van der Waals surface area contributed by atoms with E-state index >= 15 is 0 Å². The van der Waals surface area contributed by atoms with Crippen LogP contribution in [0.25, 0.3) is 11.3 Å². The summed E-state index contributed by atoms with van der Waals surface area (Å²) < 4.78 is 0. The number of guanidine groups is 1. The predicted molar refractivity (Wildman–Crippen MR) is 71.9 cm³/mol. The van der Waals surface area contributed by atoms with Gasteiger partial charge in [-0.1, -0.05) is 24.3 Å². The van der Waals surface area contributed by atoms with Gasteiger partial charge in [-0.15, -0.1) is 11.3 Å².